The third-order valence-electron chi connectivity index (χ3n) is 3.30. The molecule has 0 radical (unpaired) electrons. The standard InChI is InChI=1S/C14H13BrN2O3/c1-8-4-12(15)14(6-13(8)17(19)20)16-9(2)5-11(7-18)10(16)3/h4-7H,1-3H3. The van der Waals surface area contributed by atoms with Crippen molar-refractivity contribution >= 4 is 27.9 Å². The van der Waals surface area contributed by atoms with E-state index in [9.17, 15) is 14.9 Å². The van der Waals surface area contributed by atoms with E-state index in [2.05, 4.69) is 15.9 Å². The fourth-order valence-electron chi connectivity index (χ4n) is 2.30. The van der Waals surface area contributed by atoms with E-state index in [0.29, 0.717) is 16.8 Å². The molecule has 0 unspecified atom stereocenters. The zero-order valence-corrected chi connectivity index (χ0v) is 12.9. The lowest BCUT2D eigenvalue weighted by Crippen LogP contribution is -2.03. The molecule has 2 aromatic rings. The molecule has 0 saturated carbocycles. The van der Waals surface area contributed by atoms with Gasteiger partial charge in [-0.3, -0.25) is 14.9 Å². The number of nitro groups is 1. The van der Waals surface area contributed by atoms with Crippen LogP contribution in [0.3, 0.4) is 0 Å². The van der Waals surface area contributed by atoms with E-state index in [1.807, 2.05) is 18.4 Å². The van der Waals surface area contributed by atoms with Crippen molar-refractivity contribution in [1.82, 2.24) is 4.57 Å². The van der Waals surface area contributed by atoms with Crippen molar-refractivity contribution in [3.8, 4) is 5.69 Å². The van der Waals surface area contributed by atoms with Gasteiger partial charge in [0.05, 0.1) is 10.6 Å². The highest BCUT2D eigenvalue weighted by Crippen LogP contribution is 2.32. The van der Waals surface area contributed by atoms with Crippen LogP contribution in [-0.4, -0.2) is 15.8 Å². The second kappa shape index (κ2) is 5.20. The van der Waals surface area contributed by atoms with Gasteiger partial charge < -0.3 is 4.57 Å². The number of hydrogen-bond acceptors (Lipinski definition) is 3. The van der Waals surface area contributed by atoms with Crippen molar-refractivity contribution in [3.63, 3.8) is 0 Å². The summed E-state index contributed by atoms with van der Waals surface area (Å²) in [6.07, 6.45) is 0.787. The van der Waals surface area contributed by atoms with Crippen LogP contribution in [0.2, 0.25) is 0 Å². The molecule has 0 N–H and O–H groups in total. The number of aromatic nitrogens is 1. The van der Waals surface area contributed by atoms with Gasteiger partial charge in [-0.1, -0.05) is 0 Å². The van der Waals surface area contributed by atoms with E-state index in [4.69, 9.17) is 0 Å². The third-order valence-corrected chi connectivity index (χ3v) is 3.94. The molecule has 0 saturated heterocycles. The number of hydrogen-bond donors (Lipinski definition) is 0. The van der Waals surface area contributed by atoms with Crippen molar-refractivity contribution in [2.75, 3.05) is 0 Å². The van der Waals surface area contributed by atoms with Crippen LogP contribution in [-0.2, 0) is 0 Å². The van der Waals surface area contributed by atoms with Crippen LogP contribution in [0.25, 0.3) is 5.69 Å². The van der Waals surface area contributed by atoms with Gasteiger partial charge in [-0.15, -0.1) is 0 Å². The van der Waals surface area contributed by atoms with Crippen molar-refractivity contribution in [2.45, 2.75) is 20.8 Å². The quantitative estimate of drug-likeness (QED) is 0.485. The van der Waals surface area contributed by atoms with E-state index in [1.165, 1.54) is 6.07 Å². The van der Waals surface area contributed by atoms with E-state index < -0.39 is 4.92 Å². The summed E-state index contributed by atoms with van der Waals surface area (Å²) < 4.78 is 2.58. The molecule has 1 aromatic heterocycles. The maximum Gasteiger partial charge on any atom is 0.274 e. The zero-order chi connectivity index (χ0) is 15.0. The van der Waals surface area contributed by atoms with Crippen LogP contribution in [0.15, 0.2) is 22.7 Å². The smallest absolute Gasteiger partial charge is 0.274 e. The molecule has 0 amide bonds. The number of halogens is 1. The highest BCUT2D eigenvalue weighted by Gasteiger charge is 2.18. The Balaban J connectivity index is 2.76. The molecule has 0 bridgehead atoms. The predicted octanol–water partition coefficient (Wildman–Crippen LogP) is 3.89. The molecular formula is C14H13BrN2O3. The summed E-state index contributed by atoms with van der Waals surface area (Å²) in [4.78, 5) is 21.7. The maximum atomic E-state index is 11.1. The summed E-state index contributed by atoms with van der Waals surface area (Å²) in [6.45, 7) is 5.37. The van der Waals surface area contributed by atoms with Crippen LogP contribution < -0.4 is 0 Å². The van der Waals surface area contributed by atoms with Gasteiger partial charge >= 0.3 is 0 Å². The van der Waals surface area contributed by atoms with Crippen molar-refractivity contribution in [3.05, 3.63) is 55.3 Å². The number of carbonyl (C=O) groups is 1. The molecule has 20 heavy (non-hydrogen) atoms. The first-order valence-corrected chi connectivity index (χ1v) is 6.75. The number of benzene rings is 1. The van der Waals surface area contributed by atoms with Crippen LogP contribution >= 0.6 is 15.9 Å². The minimum absolute atomic E-state index is 0.0587. The molecule has 0 aliphatic rings. The average Bonchev–Trinajstić information content (AvgIpc) is 2.65. The molecule has 0 aliphatic heterocycles. The Kier molecular flexibility index (Phi) is 3.76. The largest absolute Gasteiger partial charge is 0.316 e. The maximum absolute atomic E-state index is 11.1. The zero-order valence-electron chi connectivity index (χ0n) is 11.3. The fraction of sp³-hybridized carbons (Fsp3) is 0.214. The highest BCUT2D eigenvalue weighted by molar-refractivity contribution is 9.10. The molecule has 104 valence electrons. The molecule has 1 heterocycles. The number of rotatable bonds is 3. The molecule has 0 fully saturated rings. The summed E-state index contributed by atoms with van der Waals surface area (Å²) in [5, 5.41) is 11.1. The van der Waals surface area contributed by atoms with Gasteiger partial charge in [-0.05, 0) is 48.8 Å². The fourth-order valence-corrected chi connectivity index (χ4v) is 2.93. The Morgan fingerprint density at radius 1 is 1.25 bits per heavy atom. The second-order valence-electron chi connectivity index (χ2n) is 4.63. The number of nitrogens with zero attached hydrogens (tertiary/aromatic N) is 2. The minimum Gasteiger partial charge on any atom is -0.316 e. The minimum atomic E-state index is -0.403. The monoisotopic (exact) mass is 336 g/mol. The predicted molar refractivity (Wildman–Crippen MR) is 79.7 cm³/mol. The molecule has 0 spiro atoms. The van der Waals surface area contributed by atoms with Gasteiger partial charge in [0.2, 0.25) is 0 Å². The van der Waals surface area contributed by atoms with Gasteiger partial charge in [0, 0.05) is 33.1 Å². The first-order valence-electron chi connectivity index (χ1n) is 5.95. The Morgan fingerprint density at radius 2 is 1.90 bits per heavy atom. The van der Waals surface area contributed by atoms with Crippen LogP contribution in [0.4, 0.5) is 5.69 Å². The second-order valence-corrected chi connectivity index (χ2v) is 5.48. The van der Waals surface area contributed by atoms with Gasteiger partial charge in [0.15, 0.2) is 6.29 Å². The number of aryl methyl sites for hydroxylation is 2. The van der Waals surface area contributed by atoms with E-state index in [-0.39, 0.29) is 5.69 Å². The summed E-state index contributed by atoms with van der Waals surface area (Å²) in [5.74, 6) is 0. The first kappa shape index (κ1) is 14.5. The molecule has 0 aliphatic carbocycles. The third kappa shape index (κ3) is 2.27. The van der Waals surface area contributed by atoms with Gasteiger partial charge in [-0.25, -0.2) is 0 Å². The molecule has 1 aromatic carbocycles. The Hall–Kier alpha value is -1.95. The molecule has 0 atom stereocenters. The van der Waals surface area contributed by atoms with Gasteiger partial charge in [0.1, 0.15) is 0 Å². The average molecular weight is 337 g/mol. The van der Waals surface area contributed by atoms with Crippen LogP contribution in [0, 0.1) is 30.9 Å². The normalized spacial score (nSPS) is 10.6. The lowest BCUT2D eigenvalue weighted by atomic mass is 10.1. The number of carbonyl (C=O) groups excluding carboxylic acids is 1. The molecule has 5 nitrogen and oxygen atoms in total. The summed E-state index contributed by atoms with van der Waals surface area (Å²) in [7, 11) is 0. The summed E-state index contributed by atoms with van der Waals surface area (Å²) in [6, 6.07) is 5.00. The number of aldehydes is 1. The van der Waals surface area contributed by atoms with Crippen LogP contribution in [0.5, 0.6) is 0 Å². The van der Waals surface area contributed by atoms with E-state index in [0.717, 1.165) is 22.1 Å². The first-order chi connectivity index (χ1) is 9.36. The SMILES string of the molecule is Cc1cc(Br)c(-n2c(C)cc(C=O)c2C)cc1[N+](=O)[O-]. The Bertz CT molecular complexity index is 720. The van der Waals surface area contributed by atoms with Gasteiger partial charge in [-0.2, -0.15) is 0 Å². The Labute approximate surface area is 124 Å². The Morgan fingerprint density at radius 3 is 2.40 bits per heavy atom. The van der Waals surface area contributed by atoms with Crippen molar-refractivity contribution in [2.24, 2.45) is 0 Å². The molecular weight excluding hydrogens is 324 g/mol. The number of nitro benzene ring substituents is 1. The van der Waals surface area contributed by atoms with Crippen molar-refractivity contribution in [1.29, 1.82) is 0 Å². The van der Waals surface area contributed by atoms with E-state index >= 15 is 0 Å². The highest BCUT2D eigenvalue weighted by atomic mass is 79.9. The lowest BCUT2D eigenvalue weighted by Gasteiger charge is -2.12. The lowest BCUT2D eigenvalue weighted by molar-refractivity contribution is -0.385. The molecule has 2 rings (SSSR count). The van der Waals surface area contributed by atoms with E-state index in [1.54, 1.807) is 19.1 Å². The molecule has 6 heteroatoms. The topological polar surface area (TPSA) is 65.1 Å². The van der Waals surface area contributed by atoms with Gasteiger partial charge in [0.25, 0.3) is 5.69 Å². The van der Waals surface area contributed by atoms with Crippen molar-refractivity contribution < 1.29 is 9.72 Å². The summed E-state index contributed by atoms with van der Waals surface area (Å²) in [5.41, 5.74) is 3.50. The van der Waals surface area contributed by atoms with Crippen LogP contribution in [0.1, 0.15) is 27.3 Å². The summed E-state index contributed by atoms with van der Waals surface area (Å²) >= 11 is 3.43.